The van der Waals surface area contributed by atoms with Crippen LogP contribution < -0.4 is 0 Å². The predicted octanol–water partition coefficient (Wildman–Crippen LogP) is 3.95. The van der Waals surface area contributed by atoms with Crippen LogP contribution in [0.3, 0.4) is 0 Å². The van der Waals surface area contributed by atoms with Crippen molar-refractivity contribution in [2.45, 2.75) is 6.10 Å². The molecule has 0 fully saturated rings. The van der Waals surface area contributed by atoms with Crippen molar-refractivity contribution in [3.63, 3.8) is 0 Å². The first-order valence-electron chi connectivity index (χ1n) is 5.07. The van der Waals surface area contributed by atoms with Crippen molar-refractivity contribution in [2.24, 2.45) is 0 Å². The number of hydrogen-bond donors (Lipinski definition) is 1. The van der Waals surface area contributed by atoms with Crippen LogP contribution in [0.5, 0.6) is 0 Å². The fourth-order valence-corrected chi connectivity index (χ4v) is 2.00. The van der Waals surface area contributed by atoms with Crippen LogP contribution >= 0.6 is 15.9 Å². The molecule has 2 aromatic carbocycles. The van der Waals surface area contributed by atoms with E-state index in [2.05, 4.69) is 15.9 Å². The molecule has 1 unspecified atom stereocenters. The summed E-state index contributed by atoms with van der Waals surface area (Å²) in [6.07, 6.45) is -1.48. The lowest BCUT2D eigenvalue weighted by Gasteiger charge is -2.13. The van der Waals surface area contributed by atoms with Crippen LogP contribution in [0, 0.1) is 17.5 Å². The van der Waals surface area contributed by atoms with Gasteiger partial charge < -0.3 is 5.11 Å². The van der Waals surface area contributed by atoms with Crippen molar-refractivity contribution in [3.05, 3.63) is 69.4 Å². The van der Waals surface area contributed by atoms with Crippen LogP contribution in [-0.2, 0) is 0 Å². The van der Waals surface area contributed by atoms with Crippen LogP contribution in [0.2, 0.25) is 0 Å². The SMILES string of the molecule is OC(c1ccc(F)cc1F)c1cccc(Br)c1F. The number of aliphatic hydroxyl groups is 1. The van der Waals surface area contributed by atoms with E-state index in [1.165, 1.54) is 18.2 Å². The van der Waals surface area contributed by atoms with Crippen molar-refractivity contribution in [3.8, 4) is 0 Å². The lowest BCUT2D eigenvalue weighted by molar-refractivity contribution is 0.209. The normalized spacial score (nSPS) is 12.5. The minimum Gasteiger partial charge on any atom is -0.383 e. The molecule has 0 radical (unpaired) electrons. The largest absolute Gasteiger partial charge is 0.383 e. The smallest absolute Gasteiger partial charge is 0.143 e. The Hall–Kier alpha value is -1.33. The maximum atomic E-state index is 13.7. The van der Waals surface area contributed by atoms with Crippen LogP contribution in [-0.4, -0.2) is 5.11 Å². The molecule has 0 saturated heterocycles. The maximum Gasteiger partial charge on any atom is 0.143 e. The van der Waals surface area contributed by atoms with Gasteiger partial charge in [0, 0.05) is 17.2 Å². The van der Waals surface area contributed by atoms with Gasteiger partial charge in [-0.1, -0.05) is 18.2 Å². The molecule has 0 bridgehead atoms. The summed E-state index contributed by atoms with van der Waals surface area (Å²) in [6, 6.07) is 7.08. The Morgan fingerprint density at radius 3 is 2.39 bits per heavy atom. The average Bonchev–Trinajstić information content (AvgIpc) is 2.32. The van der Waals surface area contributed by atoms with Crippen LogP contribution in [0.4, 0.5) is 13.2 Å². The topological polar surface area (TPSA) is 20.2 Å². The van der Waals surface area contributed by atoms with E-state index in [-0.39, 0.29) is 15.6 Å². The van der Waals surface area contributed by atoms with E-state index < -0.39 is 23.6 Å². The molecule has 1 N–H and O–H groups in total. The van der Waals surface area contributed by atoms with Crippen LogP contribution in [0.15, 0.2) is 40.9 Å². The Morgan fingerprint density at radius 1 is 1.00 bits per heavy atom. The first kappa shape index (κ1) is 13.1. The van der Waals surface area contributed by atoms with Gasteiger partial charge in [-0.15, -0.1) is 0 Å². The molecule has 0 aliphatic carbocycles. The van der Waals surface area contributed by atoms with Gasteiger partial charge in [-0.05, 0) is 28.1 Å². The number of benzene rings is 2. The maximum absolute atomic E-state index is 13.7. The van der Waals surface area contributed by atoms with E-state index in [0.29, 0.717) is 6.07 Å². The number of halogens is 4. The standard InChI is InChI=1S/C13H8BrF3O/c14-10-3-1-2-9(12(10)17)13(18)8-5-4-7(15)6-11(8)16/h1-6,13,18H. The quantitative estimate of drug-likeness (QED) is 0.889. The molecule has 2 aromatic rings. The summed E-state index contributed by atoms with van der Waals surface area (Å²) in [5, 5.41) is 9.95. The van der Waals surface area contributed by atoms with Crippen molar-refractivity contribution >= 4 is 15.9 Å². The molecule has 0 amide bonds. The third-order valence-electron chi connectivity index (χ3n) is 2.53. The number of aliphatic hydroxyl groups excluding tert-OH is 1. The molecule has 2 rings (SSSR count). The zero-order chi connectivity index (χ0) is 13.3. The van der Waals surface area contributed by atoms with Crippen molar-refractivity contribution in [2.75, 3.05) is 0 Å². The lowest BCUT2D eigenvalue weighted by Crippen LogP contribution is -2.05. The molecular formula is C13H8BrF3O. The van der Waals surface area contributed by atoms with Crippen molar-refractivity contribution in [1.29, 1.82) is 0 Å². The molecule has 0 aromatic heterocycles. The molecule has 1 atom stereocenters. The molecule has 0 spiro atoms. The molecule has 94 valence electrons. The average molecular weight is 317 g/mol. The predicted molar refractivity (Wildman–Crippen MR) is 64.5 cm³/mol. The highest BCUT2D eigenvalue weighted by Crippen LogP contribution is 2.29. The zero-order valence-corrected chi connectivity index (χ0v) is 10.6. The van der Waals surface area contributed by atoms with E-state index in [4.69, 9.17) is 0 Å². The Bertz CT molecular complexity index is 586. The summed E-state index contributed by atoms with van der Waals surface area (Å²) in [5.74, 6) is -2.34. The highest BCUT2D eigenvalue weighted by Gasteiger charge is 2.20. The molecule has 0 saturated carbocycles. The first-order chi connectivity index (χ1) is 8.50. The second-order valence-electron chi connectivity index (χ2n) is 3.71. The molecule has 5 heteroatoms. The van der Waals surface area contributed by atoms with Gasteiger partial charge in [0.05, 0.1) is 4.47 Å². The van der Waals surface area contributed by atoms with Gasteiger partial charge in [0.25, 0.3) is 0 Å². The van der Waals surface area contributed by atoms with E-state index in [1.54, 1.807) is 0 Å². The summed E-state index contributed by atoms with van der Waals surface area (Å²) < 4.78 is 40.2. The van der Waals surface area contributed by atoms with E-state index >= 15 is 0 Å². The molecular weight excluding hydrogens is 309 g/mol. The second-order valence-corrected chi connectivity index (χ2v) is 4.57. The monoisotopic (exact) mass is 316 g/mol. The lowest BCUT2D eigenvalue weighted by atomic mass is 10.0. The number of hydrogen-bond acceptors (Lipinski definition) is 1. The van der Waals surface area contributed by atoms with Gasteiger partial charge >= 0.3 is 0 Å². The molecule has 1 nitrogen and oxygen atoms in total. The summed E-state index contributed by atoms with van der Waals surface area (Å²) in [7, 11) is 0. The minimum atomic E-state index is -1.48. The van der Waals surface area contributed by atoms with Gasteiger partial charge in [-0.2, -0.15) is 0 Å². The summed E-state index contributed by atoms with van der Waals surface area (Å²) in [4.78, 5) is 0. The molecule has 0 aliphatic rings. The van der Waals surface area contributed by atoms with Crippen LogP contribution in [0.25, 0.3) is 0 Å². The fraction of sp³-hybridized carbons (Fsp3) is 0.0769. The Labute approximate surface area is 110 Å². The van der Waals surface area contributed by atoms with Crippen LogP contribution in [0.1, 0.15) is 17.2 Å². The van der Waals surface area contributed by atoms with Gasteiger partial charge in [-0.3, -0.25) is 0 Å². The first-order valence-corrected chi connectivity index (χ1v) is 5.87. The second kappa shape index (κ2) is 5.12. The summed E-state index contributed by atoms with van der Waals surface area (Å²) >= 11 is 2.98. The van der Waals surface area contributed by atoms with Gasteiger partial charge in [0.1, 0.15) is 23.6 Å². The number of rotatable bonds is 2. The van der Waals surface area contributed by atoms with E-state index in [9.17, 15) is 18.3 Å². The zero-order valence-electron chi connectivity index (χ0n) is 9.00. The Balaban J connectivity index is 2.48. The van der Waals surface area contributed by atoms with E-state index in [1.807, 2.05) is 0 Å². The minimum absolute atomic E-state index is 0.0742. The Morgan fingerprint density at radius 2 is 1.72 bits per heavy atom. The van der Waals surface area contributed by atoms with Crippen molar-refractivity contribution in [1.82, 2.24) is 0 Å². The third-order valence-corrected chi connectivity index (χ3v) is 3.15. The van der Waals surface area contributed by atoms with Gasteiger partial charge in [0.2, 0.25) is 0 Å². The molecule has 18 heavy (non-hydrogen) atoms. The molecule has 0 heterocycles. The third kappa shape index (κ3) is 2.42. The Kier molecular flexibility index (Phi) is 3.73. The summed E-state index contributed by atoms with van der Waals surface area (Å²) in [6.45, 7) is 0. The van der Waals surface area contributed by atoms with Crippen molar-refractivity contribution < 1.29 is 18.3 Å². The summed E-state index contributed by atoms with van der Waals surface area (Å²) in [5.41, 5.74) is -0.247. The highest BCUT2D eigenvalue weighted by molar-refractivity contribution is 9.10. The van der Waals surface area contributed by atoms with Gasteiger partial charge in [0.15, 0.2) is 0 Å². The fourth-order valence-electron chi connectivity index (χ4n) is 1.62. The molecule has 0 aliphatic heterocycles. The highest BCUT2D eigenvalue weighted by atomic mass is 79.9. The van der Waals surface area contributed by atoms with Gasteiger partial charge in [-0.25, -0.2) is 13.2 Å². The van der Waals surface area contributed by atoms with E-state index in [0.717, 1.165) is 12.1 Å².